The van der Waals surface area contributed by atoms with Gasteiger partial charge in [0.05, 0.1) is 13.0 Å². The van der Waals surface area contributed by atoms with E-state index in [1.807, 2.05) is 24.3 Å². The van der Waals surface area contributed by atoms with E-state index in [9.17, 15) is 4.79 Å². The lowest BCUT2D eigenvalue weighted by atomic mass is 9.96. The Kier molecular flexibility index (Phi) is 7.16. The second kappa shape index (κ2) is 9.13. The number of piperidine rings is 1. The van der Waals surface area contributed by atoms with Crippen LogP contribution in [0.25, 0.3) is 0 Å². The number of methoxy groups -OCH3 is 1. The molecule has 1 heterocycles. The molecular weight excluding hydrogens is 300 g/mol. The Morgan fingerprint density at radius 3 is 2.64 bits per heavy atom. The lowest BCUT2D eigenvalue weighted by Gasteiger charge is -2.31. The molecule has 1 aromatic rings. The topological polar surface area (TPSA) is 41.6 Å². The van der Waals surface area contributed by atoms with Gasteiger partial charge in [0, 0.05) is 25.2 Å². The lowest BCUT2D eigenvalue weighted by Crippen LogP contribution is -2.40. The zero-order valence-electron chi connectivity index (χ0n) is 13.2. The minimum absolute atomic E-state index is 0.0872. The minimum atomic E-state index is 0.0872. The molecule has 1 fully saturated rings. The number of likely N-dealkylation sites (tertiary alicyclic amines) is 1. The summed E-state index contributed by atoms with van der Waals surface area (Å²) >= 11 is 5.84. The van der Waals surface area contributed by atoms with Crippen molar-refractivity contribution in [2.24, 2.45) is 5.92 Å². The third-order valence-electron chi connectivity index (χ3n) is 4.18. The monoisotopic (exact) mass is 324 g/mol. The van der Waals surface area contributed by atoms with Gasteiger partial charge in [-0.25, -0.2) is 0 Å². The maximum absolute atomic E-state index is 12.0. The Hall–Kier alpha value is -1.10. The van der Waals surface area contributed by atoms with E-state index in [1.54, 1.807) is 7.11 Å². The van der Waals surface area contributed by atoms with Crippen molar-refractivity contribution in [1.82, 2.24) is 10.2 Å². The third kappa shape index (κ3) is 5.95. The highest BCUT2D eigenvalue weighted by Gasteiger charge is 2.19. The van der Waals surface area contributed by atoms with Crippen LogP contribution in [0.4, 0.5) is 0 Å². The quantitative estimate of drug-likeness (QED) is 0.837. The van der Waals surface area contributed by atoms with E-state index in [0.29, 0.717) is 17.4 Å². The molecule has 0 aromatic heterocycles. The van der Waals surface area contributed by atoms with Crippen LogP contribution in [0, 0.1) is 5.92 Å². The smallest absolute Gasteiger partial charge is 0.224 e. The van der Waals surface area contributed by atoms with Gasteiger partial charge in [0.1, 0.15) is 0 Å². The molecule has 0 atom stereocenters. The van der Waals surface area contributed by atoms with Crippen LogP contribution < -0.4 is 5.32 Å². The summed E-state index contributed by atoms with van der Waals surface area (Å²) in [7, 11) is 1.74. The van der Waals surface area contributed by atoms with Gasteiger partial charge in [0.2, 0.25) is 5.91 Å². The van der Waals surface area contributed by atoms with Crippen LogP contribution in [-0.4, -0.2) is 50.7 Å². The first kappa shape index (κ1) is 17.3. The molecule has 0 aliphatic carbocycles. The first-order valence-corrected chi connectivity index (χ1v) is 8.27. The molecule has 0 unspecified atom stereocenters. The largest absolute Gasteiger partial charge is 0.383 e. The Bertz CT molecular complexity index is 456. The number of carbonyl (C=O) groups is 1. The summed E-state index contributed by atoms with van der Waals surface area (Å²) in [5.41, 5.74) is 0.997. The van der Waals surface area contributed by atoms with E-state index in [-0.39, 0.29) is 5.91 Å². The van der Waals surface area contributed by atoms with Crippen LogP contribution >= 0.6 is 11.6 Å². The lowest BCUT2D eigenvalue weighted by molar-refractivity contribution is -0.120. The van der Waals surface area contributed by atoms with Crippen LogP contribution in [0.3, 0.4) is 0 Å². The predicted molar refractivity (Wildman–Crippen MR) is 89.2 cm³/mol. The molecule has 1 aliphatic heterocycles. The van der Waals surface area contributed by atoms with E-state index in [4.69, 9.17) is 16.3 Å². The molecule has 4 nitrogen and oxygen atoms in total. The number of carbonyl (C=O) groups excluding carboxylic acids is 1. The molecule has 0 spiro atoms. The Labute approximate surface area is 137 Å². The van der Waals surface area contributed by atoms with E-state index in [0.717, 1.165) is 51.2 Å². The van der Waals surface area contributed by atoms with E-state index < -0.39 is 0 Å². The second-order valence-electron chi connectivity index (χ2n) is 5.89. The van der Waals surface area contributed by atoms with Crippen LogP contribution in [0.5, 0.6) is 0 Å². The number of nitrogens with zero attached hydrogens (tertiary/aromatic N) is 1. The molecule has 1 amide bonds. The van der Waals surface area contributed by atoms with Crippen molar-refractivity contribution in [2.45, 2.75) is 19.3 Å². The number of hydrogen-bond acceptors (Lipinski definition) is 3. The summed E-state index contributed by atoms with van der Waals surface area (Å²) < 4.78 is 5.11. The Balaban J connectivity index is 1.64. The predicted octanol–water partition coefficient (Wildman–Crippen LogP) is 2.36. The number of hydrogen-bond donors (Lipinski definition) is 1. The van der Waals surface area contributed by atoms with Crippen molar-refractivity contribution in [2.75, 3.05) is 39.9 Å². The Morgan fingerprint density at radius 1 is 1.32 bits per heavy atom. The van der Waals surface area contributed by atoms with Gasteiger partial charge in [-0.15, -0.1) is 0 Å². The zero-order valence-corrected chi connectivity index (χ0v) is 13.9. The number of ether oxygens (including phenoxy) is 1. The summed E-state index contributed by atoms with van der Waals surface area (Å²) in [5, 5.41) is 3.76. The van der Waals surface area contributed by atoms with Gasteiger partial charge in [-0.05, 0) is 49.5 Å². The SMILES string of the molecule is COCCN1CCC(CNC(=O)Cc2ccc(Cl)cc2)CC1. The highest BCUT2D eigenvalue weighted by Crippen LogP contribution is 2.16. The third-order valence-corrected chi connectivity index (χ3v) is 4.44. The van der Waals surface area contributed by atoms with Crippen LogP contribution in [0.15, 0.2) is 24.3 Å². The zero-order chi connectivity index (χ0) is 15.8. The summed E-state index contributed by atoms with van der Waals surface area (Å²) in [6.45, 7) is 4.78. The number of rotatable bonds is 7. The average molecular weight is 325 g/mol. The number of halogens is 1. The first-order valence-electron chi connectivity index (χ1n) is 7.90. The molecule has 22 heavy (non-hydrogen) atoms. The maximum Gasteiger partial charge on any atom is 0.224 e. The minimum Gasteiger partial charge on any atom is -0.383 e. The van der Waals surface area contributed by atoms with Gasteiger partial charge >= 0.3 is 0 Å². The van der Waals surface area contributed by atoms with Gasteiger partial charge in [-0.2, -0.15) is 0 Å². The molecule has 122 valence electrons. The van der Waals surface area contributed by atoms with Crippen molar-refractivity contribution in [3.8, 4) is 0 Å². The molecular formula is C17H25ClN2O2. The van der Waals surface area contributed by atoms with Crippen molar-refractivity contribution in [3.05, 3.63) is 34.9 Å². The van der Waals surface area contributed by atoms with E-state index >= 15 is 0 Å². The number of nitrogens with one attached hydrogen (secondary N) is 1. The molecule has 5 heteroatoms. The molecule has 2 rings (SSSR count). The number of amides is 1. The molecule has 1 aromatic carbocycles. The first-order chi connectivity index (χ1) is 10.7. The highest BCUT2D eigenvalue weighted by molar-refractivity contribution is 6.30. The summed E-state index contributed by atoms with van der Waals surface area (Å²) in [6, 6.07) is 7.44. The molecule has 0 radical (unpaired) electrons. The molecule has 1 N–H and O–H groups in total. The van der Waals surface area contributed by atoms with Gasteiger partial charge in [-0.3, -0.25) is 4.79 Å². The van der Waals surface area contributed by atoms with E-state index in [2.05, 4.69) is 10.2 Å². The molecule has 1 aliphatic rings. The maximum atomic E-state index is 12.0. The van der Waals surface area contributed by atoms with Gasteiger partial charge < -0.3 is 15.0 Å². The fourth-order valence-corrected chi connectivity index (χ4v) is 2.87. The van der Waals surface area contributed by atoms with Gasteiger partial charge in [0.25, 0.3) is 0 Å². The summed E-state index contributed by atoms with van der Waals surface area (Å²) in [6.07, 6.45) is 2.71. The highest BCUT2D eigenvalue weighted by atomic mass is 35.5. The van der Waals surface area contributed by atoms with Crippen LogP contribution in [0.2, 0.25) is 5.02 Å². The molecule has 0 saturated carbocycles. The van der Waals surface area contributed by atoms with Crippen molar-refractivity contribution in [1.29, 1.82) is 0 Å². The molecule has 0 bridgehead atoms. The fraction of sp³-hybridized carbons (Fsp3) is 0.588. The van der Waals surface area contributed by atoms with Crippen molar-refractivity contribution >= 4 is 17.5 Å². The standard InChI is InChI=1S/C17H25ClN2O2/c1-22-11-10-20-8-6-15(7-9-20)13-19-17(21)12-14-2-4-16(18)5-3-14/h2-5,15H,6-13H2,1H3,(H,19,21). The average Bonchev–Trinajstić information content (AvgIpc) is 2.54. The van der Waals surface area contributed by atoms with Crippen LogP contribution in [0.1, 0.15) is 18.4 Å². The summed E-state index contributed by atoms with van der Waals surface area (Å²) in [4.78, 5) is 14.4. The normalized spacial score (nSPS) is 16.6. The molecule has 1 saturated heterocycles. The van der Waals surface area contributed by atoms with Crippen molar-refractivity contribution in [3.63, 3.8) is 0 Å². The van der Waals surface area contributed by atoms with E-state index in [1.165, 1.54) is 0 Å². The fourth-order valence-electron chi connectivity index (χ4n) is 2.74. The van der Waals surface area contributed by atoms with Gasteiger partial charge in [-0.1, -0.05) is 23.7 Å². The number of benzene rings is 1. The second-order valence-corrected chi connectivity index (χ2v) is 6.32. The summed E-state index contributed by atoms with van der Waals surface area (Å²) in [5.74, 6) is 0.678. The van der Waals surface area contributed by atoms with Gasteiger partial charge in [0.15, 0.2) is 0 Å². The van der Waals surface area contributed by atoms with Crippen LogP contribution in [-0.2, 0) is 16.0 Å². The Morgan fingerprint density at radius 2 is 2.00 bits per heavy atom. The van der Waals surface area contributed by atoms with Crippen molar-refractivity contribution < 1.29 is 9.53 Å².